The van der Waals surface area contributed by atoms with Gasteiger partial charge in [0.25, 0.3) is 10.0 Å². The van der Waals surface area contributed by atoms with Gasteiger partial charge in [0.05, 0.1) is 4.90 Å². The third-order valence-electron chi connectivity index (χ3n) is 2.74. The van der Waals surface area contributed by atoms with Crippen molar-refractivity contribution in [1.82, 2.24) is 0 Å². The van der Waals surface area contributed by atoms with Crippen molar-refractivity contribution in [3.63, 3.8) is 0 Å². The molecule has 0 aromatic heterocycles. The smallest absolute Gasteiger partial charge is 0.261 e. The minimum absolute atomic E-state index is 0.234. The predicted molar refractivity (Wildman–Crippen MR) is 84.2 cm³/mol. The van der Waals surface area contributed by atoms with Gasteiger partial charge in [-0.1, -0.05) is 34.1 Å². The Hall–Kier alpha value is -1.37. The molecule has 20 heavy (non-hydrogen) atoms. The van der Waals surface area contributed by atoms with E-state index in [-0.39, 0.29) is 4.90 Å². The zero-order valence-electron chi connectivity index (χ0n) is 10.7. The molecule has 0 spiro atoms. The largest absolute Gasteiger partial charge is 0.330 e. The normalized spacial score (nSPS) is 11.3. The van der Waals surface area contributed by atoms with Crippen molar-refractivity contribution < 1.29 is 8.42 Å². The molecule has 3 N–H and O–H groups in total. The second-order valence-corrected chi connectivity index (χ2v) is 6.90. The standard InChI is InChI=1S/C14H15BrN2O2S/c15-12-2-1-3-13(10-12)17-20(18,19)14-6-4-11(5-7-14)8-9-16/h1-7,10,17H,8-9,16H2. The second kappa shape index (κ2) is 6.39. The first-order chi connectivity index (χ1) is 9.51. The maximum absolute atomic E-state index is 12.2. The third-order valence-corrected chi connectivity index (χ3v) is 4.63. The number of benzene rings is 2. The van der Waals surface area contributed by atoms with Crippen molar-refractivity contribution >= 4 is 31.6 Å². The first-order valence-electron chi connectivity index (χ1n) is 6.09. The molecule has 2 aromatic carbocycles. The molecule has 106 valence electrons. The van der Waals surface area contributed by atoms with Gasteiger partial charge in [-0.2, -0.15) is 0 Å². The summed E-state index contributed by atoms with van der Waals surface area (Å²) in [4.78, 5) is 0.234. The van der Waals surface area contributed by atoms with E-state index in [1.807, 2.05) is 6.07 Å². The lowest BCUT2D eigenvalue weighted by Crippen LogP contribution is -2.13. The number of halogens is 1. The van der Waals surface area contributed by atoms with E-state index in [4.69, 9.17) is 5.73 Å². The van der Waals surface area contributed by atoms with Crippen LogP contribution in [0.5, 0.6) is 0 Å². The third kappa shape index (κ3) is 3.82. The van der Waals surface area contributed by atoms with Crippen LogP contribution in [0.3, 0.4) is 0 Å². The highest BCUT2D eigenvalue weighted by molar-refractivity contribution is 9.10. The lowest BCUT2D eigenvalue weighted by molar-refractivity contribution is 0.601. The lowest BCUT2D eigenvalue weighted by atomic mass is 10.2. The Bertz CT molecular complexity index is 685. The van der Waals surface area contributed by atoms with Crippen molar-refractivity contribution in [3.05, 3.63) is 58.6 Å². The summed E-state index contributed by atoms with van der Waals surface area (Å²) in [6.45, 7) is 0.544. The van der Waals surface area contributed by atoms with Crippen LogP contribution in [0.4, 0.5) is 5.69 Å². The van der Waals surface area contributed by atoms with Gasteiger partial charge in [0, 0.05) is 10.2 Å². The van der Waals surface area contributed by atoms with Gasteiger partial charge in [-0.25, -0.2) is 8.42 Å². The molecule has 0 heterocycles. The predicted octanol–water partition coefficient (Wildman–Crippen LogP) is 2.75. The summed E-state index contributed by atoms with van der Waals surface area (Å²) in [7, 11) is -3.56. The van der Waals surface area contributed by atoms with Crippen LogP contribution < -0.4 is 10.5 Å². The molecule has 0 bridgehead atoms. The fourth-order valence-corrected chi connectivity index (χ4v) is 3.22. The lowest BCUT2D eigenvalue weighted by Gasteiger charge is -2.09. The summed E-state index contributed by atoms with van der Waals surface area (Å²) >= 11 is 3.31. The van der Waals surface area contributed by atoms with E-state index < -0.39 is 10.0 Å². The zero-order valence-corrected chi connectivity index (χ0v) is 13.1. The van der Waals surface area contributed by atoms with Crippen LogP contribution in [0, 0.1) is 0 Å². The number of sulfonamides is 1. The van der Waals surface area contributed by atoms with Crippen LogP contribution in [0.15, 0.2) is 57.9 Å². The molecule has 0 fully saturated rings. The molecule has 2 rings (SSSR count). The molecule has 0 saturated heterocycles. The minimum Gasteiger partial charge on any atom is -0.330 e. The van der Waals surface area contributed by atoms with E-state index >= 15 is 0 Å². The maximum atomic E-state index is 12.2. The van der Waals surface area contributed by atoms with Crippen LogP contribution in [-0.2, 0) is 16.4 Å². The van der Waals surface area contributed by atoms with E-state index in [0.29, 0.717) is 12.2 Å². The summed E-state index contributed by atoms with van der Waals surface area (Å²) < 4.78 is 27.8. The fourth-order valence-electron chi connectivity index (χ4n) is 1.77. The van der Waals surface area contributed by atoms with E-state index in [9.17, 15) is 8.42 Å². The van der Waals surface area contributed by atoms with Gasteiger partial charge in [-0.05, 0) is 48.9 Å². The number of nitrogens with one attached hydrogen (secondary N) is 1. The van der Waals surface area contributed by atoms with Crippen molar-refractivity contribution in [1.29, 1.82) is 0 Å². The Kier molecular flexibility index (Phi) is 4.80. The molecule has 0 aliphatic heterocycles. The molecule has 0 atom stereocenters. The summed E-state index contributed by atoms with van der Waals surface area (Å²) in [6, 6.07) is 13.7. The van der Waals surface area contributed by atoms with Crippen LogP contribution >= 0.6 is 15.9 Å². The summed E-state index contributed by atoms with van der Waals surface area (Å²) in [6.07, 6.45) is 0.736. The highest BCUT2D eigenvalue weighted by Gasteiger charge is 2.13. The summed E-state index contributed by atoms with van der Waals surface area (Å²) in [5, 5.41) is 0. The van der Waals surface area contributed by atoms with Gasteiger partial charge in [0.2, 0.25) is 0 Å². The average Bonchev–Trinajstić information content (AvgIpc) is 2.39. The van der Waals surface area contributed by atoms with Gasteiger partial charge in [-0.15, -0.1) is 0 Å². The van der Waals surface area contributed by atoms with Crippen LogP contribution in [-0.4, -0.2) is 15.0 Å². The number of rotatable bonds is 5. The molecule has 2 aromatic rings. The van der Waals surface area contributed by atoms with Gasteiger partial charge in [0.1, 0.15) is 0 Å². The highest BCUT2D eigenvalue weighted by Crippen LogP contribution is 2.20. The molecule has 6 heteroatoms. The van der Waals surface area contributed by atoms with E-state index in [1.54, 1.807) is 42.5 Å². The van der Waals surface area contributed by atoms with Gasteiger partial charge >= 0.3 is 0 Å². The van der Waals surface area contributed by atoms with Gasteiger partial charge in [-0.3, -0.25) is 4.72 Å². The summed E-state index contributed by atoms with van der Waals surface area (Å²) in [5.74, 6) is 0. The van der Waals surface area contributed by atoms with Gasteiger partial charge < -0.3 is 5.73 Å². The maximum Gasteiger partial charge on any atom is 0.261 e. The number of hydrogen-bond donors (Lipinski definition) is 2. The van der Waals surface area contributed by atoms with Crippen molar-refractivity contribution in [2.75, 3.05) is 11.3 Å². The molecule has 4 nitrogen and oxygen atoms in total. The Morgan fingerprint density at radius 1 is 1.10 bits per heavy atom. The van der Waals surface area contributed by atoms with Crippen LogP contribution in [0.2, 0.25) is 0 Å². The van der Waals surface area contributed by atoms with Crippen molar-refractivity contribution in [2.45, 2.75) is 11.3 Å². The quantitative estimate of drug-likeness (QED) is 0.866. The SMILES string of the molecule is NCCc1ccc(S(=O)(=O)Nc2cccc(Br)c2)cc1. The molecule has 0 saturated carbocycles. The summed E-state index contributed by atoms with van der Waals surface area (Å²) in [5.41, 5.74) is 7.01. The first-order valence-corrected chi connectivity index (χ1v) is 8.36. The fraction of sp³-hybridized carbons (Fsp3) is 0.143. The molecule has 0 aliphatic carbocycles. The average molecular weight is 355 g/mol. The van der Waals surface area contributed by atoms with E-state index in [2.05, 4.69) is 20.7 Å². The van der Waals surface area contributed by atoms with Crippen LogP contribution in [0.25, 0.3) is 0 Å². The zero-order chi connectivity index (χ0) is 14.6. The molecular weight excluding hydrogens is 340 g/mol. The van der Waals surface area contributed by atoms with Gasteiger partial charge in [0.15, 0.2) is 0 Å². The monoisotopic (exact) mass is 354 g/mol. The Morgan fingerprint density at radius 2 is 1.80 bits per heavy atom. The Balaban J connectivity index is 2.21. The van der Waals surface area contributed by atoms with E-state index in [1.165, 1.54) is 0 Å². The molecule has 0 unspecified atom stereocenters. The molecule has 0 radical (unpaired) electrons. The van der Waals surface area contributed by atoms with E-state index in [0.717, 1.165) is 16.5 Å². The van der Waals surface area contributed by atoms with Crippen molar-refractivity contribution in [2.24, 2.45) is 5.73 Å². The number of hydrogen-bond acceptors (Lipinski definition) is 3. The van der Waals surface area contributed by atoms with Crippen LogP contribution in [0.1, 0.15) is 5.56 Å². The van der Waals surface area contributed by atoms with Crippen molar-refractivity contribution in [3.8, 4) is 0 Å². The Labute approximate surface area is 127 Å². The molecule has 0 amide bonds. The minimum atomic E-state index is -3.56. The topological polar surface area (TPSA) is 72.2 Å². The Morgan fingerprint density at radius 3 is 2.40 bits per heavy atom. The molecule has 0 aliphatic rings. The highest BCUT2D eigenvalue weighted by atomic mass is 79.9. The number of anilines is 1. The molecular formula is C14H15BrN2O2S. The number of nitrogens with two attached hydrogens (primary N) is 1. The second-order valence-electron chi connectivity index (χ2n) is 4.30. The first kappa shape index (κ1) is 15.0.